The van der Waals surface area contributed by atoms with E-state index < -0.39 is 0 Å². The number of aromatic amines is 1. The van der Waals surface area contributed by atoms with Crippen LogP contribution in [-0.2, 0) is 5.75 Å². The van der Waals surface area contributed by atoms with Crippen LogP contribution in [0.5, 0.6) is 0 Å². The zero-order valence-corrected chi connectivity index (χ0v) is 8.41. The minimum absolute atomic E-state index is 0.000901. The van der Waals surface area contributed by atoms with Gasteiger partial charge in [-0.3, -0.25) is 15.3 Å². The summed E-state index contributed by atoms with van der Waals surface area (Å²) in [6.07, 6.45) is 1.39. The molecule has 0 unspecified atom stereocenters. The van der Waals surface area contributed by atoms with E-state index in [2.05, 4.69) is 15.1 Å². The molecule has 4 N–H and O–H groups in total. The molecule has 2 heterocycles. The van der Waals surface area contributed by atoms with E-state index in [1.54, 1.807) is 0 Å². The Morgan fingerprint density at radius 2 is 2.53 bits per heavy atom. The van der Waals surface area contributed by atoms with Crippen molar-refractivity contribution >= 4 is 22.7 Å². The topological polar surface area (TPSA) is 113 Å². The molecule has 2 aromatic heterocycles. The van der Waals surface area contributed by atoms with Gasteiger partial charge >= 0.3 is 0 Å². The Kier molecular flexibility index (Phi) is 2.42. The maximum atomic E-state index is 11.5. The second-order valence-electron chi connectivity index (χ2n) is 2.76. The number of nitrogens with zero attached hydrogens (tertiary/aromatic N) is 3. The van der Waals surface area contributed by atoms with Gasteiger partial charge < -0.3 is 5.73 Å². The third-order valence-electron chi connectivity index (χ3n) is 1.70. The summed E-state index contributed by atoms with van der Waals surface area (Å²) in [6, 6.07) is 1.39. The van der Waals surface area contributed by atoms with Gasteiger partial charge in [-0.1, -0.05) is 11.8 Å². The van der Waals surface area contributed by atoms with Crippen LogP contribution in [0.3, 0.4) is 0 Å². The van der Waals surface area contributed by atoms with Gasteiger partial charge in [-0.2, -0.15) is 4.52 Å². The third kappa shape index (κ3) is 1.99. The number of hydrogen-bond acceptors (Lipinski definition) is 5. The van der Waals surface area contributed by atoms with Crippen molar-refractivity contribution in [2.45, 2.75) is 5.75 Å². The molecule has 0 aliphatic carbocycles. The summed E-state index contributed by atoms with van der Waals surface area (Å²) in [5.41, 5.74) is 5.52. The van der Waals surface area contributed by atoms with Crippen LogP contribution in [0.2, 0.25) is 0 Å². The highest BCUT2D eigenvalue weighted by Crippen LogP contribution is 2.07. The predicted molar refractivity (Wildman–Crippen MR) is 56.8 cm³/mol. The highest BCUT2D eigenvalue weighted by atomic mass is 32.2. The lowest BCUT2D eigenvalue weighted by atomic mass is 10.4. The molecule has 0 saturated carbocycles. The number of amidine groups is 1. The van der Waals surface area contributed by atoms with Crippen molar-refractivity contribution < 1.29 is 0 Å². The number of nitrogens with one attached hydrogen (secondary N) is 2. The molecular weight excluding hydrogens is 216 g/mol. The zero-order chi connectivity index (χ0) is 10.8. The van der Waals surface area contributed by atoms with Crippen molar-refractivity contribution in [1.29, 1.82) is 5.41 Å². The lowest BCUT2D eigenvalue weighted by Gasteiger charge is -1.98. The first-order valence-corrected chi connectivity index (χ1v) is 5.04. The Morgan fingerprint density at radius 3 is 3.27 bits per heavy atom. The molecule has 7 nitrogen and oxygen atoms in total. The monoisotopic (exact) mass is 224 g/mol. The number of nitrogens with two attached hydrogens (primary N) is 1. The van der Waals surface area contributed by atoms with Crippen molar-refractivity contribution in [3.63, 3.8) is 0 Å². The fraction of sp³-hybridized carbons (Fsp3) is 0.143. The first kappa shape index (κ1) is 9.71. The van der Waals surface area contributed by atoms with Crippen LogP contribution in [0.25, 0.3) is 5.78 Å². The molecule has 0 fully saturated rings. The summed E-state index contributed by atoms with van der Waals surface area (Å²) < 4.78 is 1.24. The van der Waals surface area contributed by atoms with E-state index in [0.717, 1.165) is 11.8 Å². The molecule has 0 amide bonds. The molecule has 15 heavy (non-hydrogen) atoms. The average molecular weight is 224 g/mol. The molecule has 78 valence electrons. The Morgan fingerprint density at radius 1 is 1.73 bits per heavy atom. The number of H-pyrrole nitrogens is 1. The SMILES string of the molecule is N=C(N)SCc1cc(=O)n2[nH]cnc2n1. The Labute approximate surface area is 88.2 Å². The lowest BCUT2D eigenvalue weighted by molar-refractivity contribution is 0.887. The molecule has 2 aromatic rings. The predicted octanol–water partition coefficient (Wildman–Crippen LogP) is -0.456. The van der Waals surface area contributed by atoms with Crippen molar-refractivity contribution in [1.82, 2.24) is 19.6 Å². The summed E-state index contributed by atoms with van der Waals surface area (Å²) in [4.78, 5) is 19.4. The first-order chi connectivity index (χ1) is 7.16. The van der Waals surface area contributed by atoms with E-state index in [-0.39, 0.29) is 10.7 Å². The Bertz CT molecular complexity index is 558. The molecule has 0 saturated heterocycles. The highest BCUT2D eigenvalue weighted by Gasteiger charge is 2.04. The highest BCUT2D eigenvalue weighted by molar-refractivity contribution is 8.13. The number of rotatable bonds is 2. The van der Waals surface area contributed by atoms with Crippen LogP contribution >= 0.6 is 11.8 Å². The number of fused-ring (bicyclic) bond motifs is 1. The van der Waals surface area contributed by atoms with Crippen LogP contribution in [0, 0.1) is 5.41 Å². The lowest BCUT2D eigenvalue weighted by Crippen LogP contribution is -2.15. The summed E-state index contributed by atoms with van der Waals surface area (Å²) in [5, 5.41) is 9.67. The third-order valence-corrected chi connectivity index (χ3v) is 2.45. The number of aromatic nitrogens is 4. The van der Waals surface area contributed by atoms with Gasteiger partial charge in [0.05, 0.1) is 5.69 Å². The molecular formula is C7H8N6OS. The van der Waals surface area contributed by atoms with E-state index >= 15 is 0 Å². The molecule has 0 aliphatic rings. The van der Waals surface area contributed by atoms with Crippen LogP contribution in [0.1, 0.15) is 5.69 Å². The minimum Gasteiger partial charge on any atom is -0.379 e. The smallest absolute Gasteiger partial charge is 0.274 e. The van der Waals surface area contributed by atoms with Gasteiger partial charge in [0.25, 0.3) is 11.3 Å². The molecule has 8 heteroatoms. The van der Waals surface area contributed by atoms with Crippen LogP contribution in [0.15, 0.2) is 17.2 Å². The van der Waals surface area contributed by atoms with Gasteiger partial charge in [0.2, 0.25) is 0 Å². The number of thioether (sulfide) groups is 1. The van der Waals surface area contributed by atoms with Crippen LogP contribution < -0.4 is 11.3 Å². The van der Waals surface area contributed by atoms with E-state index in [0.29, 0.717) is 17.2 Å². The fourth-order valence-electron chi connectivity index (χ4n) is 1.09. The van der Waals surface area contributed by atoms with E-state index in [1.807, 2.05) is 0 Å². The molecule has 0 bridgehead atoms. The van der Waals surface area contributed by atoms with Gasteiger partial charge in [-0.05, 0) is 0 Å². The summed E-state index contributed by atoms with van der Waals surface area (Å²) >= 11 is 1.12. The van der Waals surface area contributed by atoms with Crippen molar-refractivity contribution in [3.8, 4) is 0 Å². The number of hydrogen-bond donors (Lipinski definition) is 3. The quantitative estimate of drug-likeness (QED) is 0.472. The Balaban J connectivity index is 2.36. The maximum absolute atomic E-state index is 11.5. The van der Waals surface area contributed by atoms with Crippen molar-refractivity contribution in [2.75, 3.05) is 0 Å². The molecule has 0 aromatic carbocycles. The van der Waals surface area contributed by atoms with Gasteiger partial charge in [0, 0.05) is 11.8 Å². The Hall–Kier alpha value is -1.83. The molecule has 0 aliphatic heterocycles. The van der Waals surface area contributed by atoms with E-state index in [4.69, 9.17) is 11.1 Å². The first-order valence-electron chi connectivity index (χ1n) is 4.06. The van der Waals surface area contributed by atoms with Crippen LogP contribution in [-0.4, -0.2) is 24.7 Å². The standard InChI is InChI=1S/C7H8N6OS/c8-6(9)15-2-4-1-5(14)13-7(12-4)10-3-11-13/h1,3H,2H2,(H3,8,9)(H,10,11,12). The second-order valence-corrected chi connectivity index (χ2v) is 3.78. The average Bonchev–Trinajstić information content (AvgIpc) is 2.63. The summed E-state index contributed by atoms with van der Waals surface area (Å²) in [6.45, 7) is 0. The second kappa shape index (κ2) is 3.73. The summed E-state index contributed by atoms with van der Waals surface area (Å²) in [7, 11) is 0. The minimum atomic E-state index is -0.225. The molecule has 0 spiro atoms. The summed E-state index contributed by atoms with van der Waals surface area (Å²) in [5.74, 6) is 0.718. The van der Waals surface area contributed by atoms with Gasteiger partial charge in [0.15, 0.2) is 5.17 Å². The zero-order valence-electron chi connectivity index (χ0n) is 7.60. The van der Waals surface area contributed by atoms with Crippen molar-refractivity contribution in [2.24, 2.45) is 5.73 Å². The molecule has 2 rings (SSSR count). The van der Waals surface area contributed by atoms with E-state index in [9.17, 15) is 4.79 Å². The van der Waals surface area contributed by atoms with Gasteiger partial charge in [-0.15, -0.1) is 0 Å². The largest absolute Gasteiger partial charge is 0.379 e. The normalized spacial score (nSPS) is 10.7. The van der Waals surface area contributed by atoms with Crippen molar-refractivity contribution in [3.05, 3.63) is 28.4 Å². The van der Waals surface area contributed by atoms with Gasteiger partial charge in [-0.25, -0.2) is 9.97 Å². The maximum Gasteiger partial charge on any atom is 0.274 e. The van der Waals surface area contributed by atoms with Gasteiger partial charge in [0.1, 0.15) is 6.33 Å². The molecule has 0 radical (unpaired) electrons. The fourth-order valence-corrected chi connectivity index (χ4v) is 1.55. The van der Waals surface area contributed by atoms with E-state index in [1.165, 1.54) is 16.9 Å². The van der Waals surface area contributed by atoms with Crippen LogP contribution in [0.4, 0.5) is 0 Å². The molecule has 0 atom stereocenters.